The Labute approximate surface area is 88.5 Å². The molecule has 0 fully saturated rings. The van der Waals surface area contributed by atoms with Gasteiger partial charge in [0.1, 0.15) is 0 Å². The summed E-state index contributed by atoms with van der Waals surface area (Å²) in [6, 6.07) is 2.91. The fourth-order valence-electron chi connectivity index (χ4n) is 1.18. The Hall–Kier alpha value is -1.63. The normalized spacial score (nSPS) is 13.6. The van der Waals surface area contributed by atoms with E-state index in [0.29, 0.717) is 0 Å². The Morgan fingerprint density at radius 3 is 2.44 bits per heavy atom. The van der Waals surface area contributed by atoms with E-state index in [1.807, 2.05) is 0 Å². The number of nitro benzene ring substituents is 1. The second-order valence-electron chi connectivity index (χ2n) is 3.25. The highest BCUT2D eigenvalue weighted by Gasteiger charge is 2.39. The van der Waals surface area contributed by atoms with Crippen molar-refractivity contribution in [1.82, 2.24) is 0 Å². The highest BCUT2D eigenvalue weighted by atomic mass is 19.4. The predicted molar refractivity (Wildman–Crippen MR) is 48.8 cm³/mol. The molecular weight excluding hydrogens is 227 g/mol. The van der Waals surface area contributed by atoms with Gasteiger partial charge in [-0.25, -0.2) is 0 Å². The summed E-state index contributed by atoms with van der Waals surface area (Å²) in [5.41, 5.74) is -0.742. The van der Waals surface area contributed by atoms with Crippen LogP contribution in [0, 0.1) is 17.0 Å². The zero-order chi connectivity index (χ0) is 12.5. The summed E-state index contributed by atoms with van der Waals surface area (Å²) in [5, 5.41) is 19.4. The molecule has 16 heavy (non-hydrogen) atoms. The summed E-state index contributed by atoms with van der Waals surface area (Å²) in [6.45, 7) is 1.40. The molecule has 0 saturated carbocycles. The number of hydrogen-bond acceptors (Lipinski definition) is 3. The number of benzene rings is 1. The molecule has 1 N–H and O–H groups in total. The lowest BCUT2D eigenvalue weighted by Crippen LogP contribution is -2.20. The standard InChI is InChI=1S/C9H8F3NO3/c1-5-2-3-6(4-7(5)13(15)16)8(14)9(10,11)12/h2-4,8,14H,1H3. The Bertz CT molecular complexity index is 417. The van der Waals surface area contributed by atoms with Crippen molar-refractivity contribution < 1.29 is 23.2 Å². The molecule has 7 heteroatoms. The topological polar surface area (TPSA) is 63.4 Å². The van der Waals surface area contributed by atoms with Crippen LogP contribution in [0.2, 0.25) is 0 Å². The molecule has 0 radical (unpaired) electrons. The number of halogens is 3. The number of rotatable bonds is 2. The zero-order valence-electron chi connectivity index (χ0n) is 8.15. The van der Waals surface area contributed by atoms with Gasteiger partial charge in [-0.1, -0.05) is 12.1 Å². The van der Waals surface area contributed by atoms with E-state index in [2.05, 4.69) is 0 Å². The van der Waals surface area contributed by atoms with E-state index in [1.165, 1.54) is 13.0 Å². The first kappa shape index (κ1) is 12.4. The minimum absolute atomic E-state index is 0.239. The van der Waals surface area contributed by atoms with E-state index >= 15 is 0 Å². The maximum Gasteiger partial charge on any atom is 0.418 e. The maximum atomic E-state index is 12.1. The number of hydrogen-bond donors (Lipinski definition) is 1. The van der Waals surface area contributed by atoms with Gasteiger partial charge in [0, 0.05) is 11.6 Å². The Morgan fingerprint density at radius 2 is 2.00 bits per heavy atom. The van der Waals surface area contributed by atoms with E-state index < -0.39 is 28.5 Å². The lowest BCUT2D eigenvalue weighted by molar-refractivity contribution is -0.385. The second kappa shape index (κ2) is 4.09. The van der Waals surface area contributed by atoms with Crippen molar-refractivity contribution in [1.29, 1.82) is 0 Å². The number of aliphatic hydroxyl groups is 1. The summed E-state index contributed by atoms with van der Waals surface area (Å²) in [4.78, 5) is 9.70. The molecule has 0 saturated heterocycles. The molecule has 4 nitrogen and oxygen atoms in total. The van der Waals surface area contributed by atoms with Gasteiger partial charge in [0.2, 0.25) is 0 Å². The molecule has 1 unspecified atom stereocenters. The molecule has 0 heterocycles. The zero-order valence-corrected chi connectivity index (χ0v) is 8.15. The van der Waals surface area contributed by atoms with Gasteiger partial charge in [0.25, 0.3) is 5.69 Å². The van der Waals surface area contributed by atoms with Crippen LogP contribution in [0.3, 0.4) is 0 Å². The summed E-state index contributed by atoms with van der Waals surface area (Å²) in [5.74, 6) is 0. The van der Waals surface area contributed by atoms with Crippen LogP contribution >= 0.6 is 0 Å². The van der Waals surface area contributed by atoms with Crippen LogP contribution in [0.15, 0.2) is 18.2 Å². The molecule has 1 atom stereocenters. The third kappa shape index (κ3) is 2.48. The van der Waals surface area contributed by atoms with Crippen LogP contribution in [0.5, 0.6) is 0 Å². The van der Waals surface area contributed by atoms with Crippen molar-refractivity contribution in [3.8, 4) is 0 Å². The third-order valence-corrected chi connectivity index (χ3v) is 2.06. The van der Waals surface area contributed by atoms with Gasteiger partial charge in [0.15, 0.2) is 6.10 Å². The number of aryl methyl sites for hydroxylation is 1. The van der Waals surface area contributed by atoms with Crippen LogP contribution in [-0.4, -0.2) is 16.2 Å². The summed E-state index contributed by atoms with van der Waals surface area (Å²) in [6.07, 6.45) is -7.53. The first-order valence-electron chi connectivity index (χ1n) is 4.23. The minimum Gasteiger partial charge on any atom is -0.379 e. The first-order chi connectivity index (χ1) is 7.23. The summed E-state index contributed by atoms with van der Waals surface area (Å²) < 4.78 is 36.4. The Kier molecular flexibility index (Phi) is 3.18. The molecule has 0 aliphatic heterocycles. The van der Waals surface area contributed by atoms with Gasteiger partial charge in [-0.2, -0.15) is 13.2 Å². The molecule has 0 aliphatic rings. The fraction of sp³-hybridized carbons (Fsp3) is 0.333. The fourth-order valence-corrected chi connectivity index (χ4v) is 1.18. The first-order valence-corrected chi connectivity index (χ1v) is 4.23. The van der Waals surface area contributed by atoms with Crippen LogP contribution < -0.4 is 0 Å². The van der Waals surface area contributed by atoms with Crippen molar-refractivity contribution in [2.75, 3.05) is 0 Å². The van der Waals surface area contributed by atoms with Crippen molar-refractivity contribution in [2.24, 2.45) is 0 Å². The monoisotopic (exact) mass is 235 g/mol. The van der Waals surface area contributed by atoms with Gasteiger partial charge in [-0.3, -0.25) is 10.1 Å². The van der Waals surface area contributed by atoms with Crippen molar-refractivity contribution >= 4 is 5.69 Å². The van der Waals surface area contributed by atoms with Crippen LogP contribution in [-0.2, 0) is 0 Å². The van der Waals surface area contributed by atoms with Crippen LogP contribution in [0.25, 0.3) is 0 Å². The average Bonchev–Trinajstić information content (AvgIpc) is 2.15. The SMILES string of the molecule is Cc1ccc(C(O)C(F)(F)F)cc1[N+](=O)[O-]. The van der Waals surface area contributed by atoms with Crippen molar-refractivity contribution in [3.05, 3.63) is 39.4 Å². The molecule has 1 aromatic carbocycles. The lowest BCUT2D eigenvalue weighted by atomic mass is 10.1. The average molecular weight is 235 g/mol. The number of aliphatic hydroxyl groups excluding tert-OH is 1. The molecule has 1 rings (SSSR count). The molecule has 0 aromatic heterocycles. The van der Waals surface area contributed by atoms with E-state index in [9.17, 15) is 23.3 Å². The molecule has 0 spiro atoms. The largest absolute Gasteiger partial charge is 0.418 e. The summed E-state index contributed by atoms with van der Waals surface area (Å²) in [7, 11) is 0. The Balaban J connectivity index is 3.18. The van der Waals surface area contributed by atoms with Gasteiger partial charge in [0.05, 0.1) is 4.92 Å². The van der Waals surface area contributed by atoms with Gasteiger partial charge < -0.3 is 5.11 Å². The highest BCUT2D eigenvalue weighted by Crippen LogP contribution is 2.34. The molecular formula is C9H8F3NO3. The molecule has 0 amide bonds. The second-order valence-corrected chi connectivity index (χ2v) is 3.25. The van der Waals surface area contributed by atoms with Gasteiger partial charge in [-0.15, -0.1) is 0 Å². The van der Waals surface area contributed by atoms with Crippen LogP contribution in [0.1, 0.15) is 17.2 Å². The molecule has 0 bridgehead atoms. The molecule has 1 aromatic rings. The quantitative estimate of drug-likeness (QED) is 0.632. The van der Waals surface area contributed by atoms with E-state index in [4.69, 9.17) is 5.11 Å². The lowest BCUT2D eigenvalue weighted by Gasteiger charge is -2.14. The number of alkyl halides is 3. The third-order valence-electron chi connectivity index (χ3n) is 2.06. The van der Waals surface area contributed by atoms with E-state index in [0.717, 1.165) is 12.1 Å². The van der Waals surface area contributed by atoms with E-state index in [-0.39, 0.29) is 5.56 Å². The smallest absolute Gasteiger partial charge is 0.379 e. The van der Waals surface area contributed by atoms with Crippen molar-refractivity contribution in [3.63, 3.8) is 0 Å². The molecule has 88 valence electrons. The van der Waals surface area contributed by atoms with Crippen molar-refractivity contribution in [2.45, 2.75) is 19.2 Å². The number of nitrogens with zero attached hydrogens (tertiary/aromatic N) is 1. The Morgan fingerprint density at radius 1 is 1.44 bits per heavy atom. The highest BCUT2D eigenvalue weighted by molar-refractivity contribution is 5.43. The van der Waals surface area contributed by atoms with Gasteiger partial charge >= 0.3 is 6.18 Å². The van der Waals surface area contributed by atoms with Crippen LogP contribution in [0.4, 0.5) is 18.9 Å². The minimum atomic E-state index is -4.83. The van der Waals surface area contributed by atoms with Gasteiger partial charge in [-0.05, 0) is 12.5 Å². The maximum absolute atomic E-state index is 12.1. The predicted octanol–water partition coefficient (Wildman–Crippen LogP) is 2.50. The molecule has 0 aliphatic carbocycles. The van der Waals surface area contributed by atoms with E-state index in [1.54, 1.807) is 0 Å². The number of nitro groups is 1. The summed E-state index contributed by atoms with van der Waals surface area (Å²) >= 11 is 0.